The van der Waals surface area contributed by atoms with E-state index in [1.807, 2.05) is 48.5 Å². The van der Waals surface area contributed by atoms with Crippen molar-refractivity contribution in [1.82, 2.24) is 0 Å². The van der Waals surface area contributed by atoms with Crippen molar-refractivity contribution in [2.24, 2.45) is 0 Å². The summed E-state index contributed by atoms with van der Waals surface area (Å²) in [6.45, 7) is 0. The van der Waals surface area contributed by atoms with Gasteiger partial charge in [-0.05, 0) is 41.6 Å². The molecular weight excluding hydrogens is 392 g/mol. The molecule has 4 heteroatoms. The number of ether oxygens (including phenoxy) is 1. The second-order valence-electron chi connectivity index (χ2n) is 5.10. The minimum Gasteiger partial charge on any atom is -0.423 e. The monoisotopic (exact) mass is 408 g/mol. The summed E-state index contributed by atoms with van der Waals surface area (Å²) in [4.78, 5) is 12.1. The molecule has 0 saturated heterocycles. The van der Waals surface area contributed by atoms with Crippen molar-refractivity contribution in [2.45, 2.75) is 6.16 Å². The molecule has 1 atom stereocenters. The van der Waals surface area contributed by atoms with E-state index in [4.69, 9.17) is 4.74 Å². The fourth-order valence-corrected chi connectivity index (χ4v) is 2.51. The van der Waals surface area contributed by atoms with Crippen molar-refractivity contribution >= 4 is 15.2 Å². The summed E-state index contributed by atoms with van der Waals surface area (Å²) in [7, 11) is 2.66. The molecule has 0 heterocycles. The first-order valence-electron chi connectivity index (χ1n) is 7.34. The fraction of sp³-hybridized carbons (Fsp3) is 0.0500. The van der Waals surface area contributed by atoms with Crippen molar-refractivity contribution in [3.8, 4) is 16.9 Å². The molecule has 1 unspecified atom stereocenters. The van der Waals surface area contributed by atoms with Gasteiger partial charge in [0.25, 0.3) is 0 Å². The molecule has 0 aliphatic carbocycles. The number of hydrogen-bond donors (Lipinski definition) is 0. The molecule has 0 aliphatic heterocycles. The van der Waals surface area contributed by atoms with Crippen LogP contribution in [0.1, 0.15) is 15.9 Å². The molecule has 0 aromatic heterocycles. The van der Waals surface area contributed by atoms with Crippen molar-refractivity contribution in [2.75, 3.05) is 0 Å². The Morgan fingerprint density at radius 1 is 0.875 bits per heavy atom. The van der Waals surface area contributed by atoms with Crippen molar-refractivity contribution in [1.29, 1.82) is 0 Å². The average Bonchev–Trinajstić information content (AvgIpc) is 2.63. The van der Waals surface area contributed by atoms with Crippen LogP contribution in [0.15, 0.2) is 72.8 Å². The summed E-state index contributed by atoms with van der Waals surface area (Å²) in [5, 5.41) is 0. The SMILES string of the molecule is O=C(Oc1ccc(-c2cc[c-]cc2)cc1)c1ccc(CP)cc1.[Y+3]. The van der Waals surface area contributed by atoms with Crippen LogP contribution < -0.4 is 4.74 Å². The molecule has 114 valence electrons. The summed E-state index contributed by atoms with van der Waals surface area (Å²) in [5.74, 6) is 0.193. The van der Waals surface area contributed by atoms with E-state index >= 15 is 0 Å². The Kier molecular flexibility index (Phi) is 7.30. The van der Waals surface area contributed by atoms with Gasteiger partial charge in [0, 0.05) is 0 Å². The number of rotatable bonds is 4. The summed E-state index contributed by atoms with van der Waals surface area (Å²) in [5.41, 5.74) is 3.89. The average molecular weight is 408 g/mol. The van der Waals surface area contributed by atoms with Gasteiger partial charge in [-0.25, -0.2) is 4.79 Å². The molecule has 0 N–H and O–H groups in total. The van der Waals surface area contributed by atoms with E-state index < -0.39 is 0 Å². The zero-order valence-corrected chi connectivity index (χ0v) is 17.1. The maximum absolute atomic E-state index is 12.1. The van der Waals surface area contributed by atoms with E-state index in [9.17, 15) is 4.79 Å². The Bertz CT molecular complexity index is 784. The minimum absolute atomic E-state index is 0. The van der Waals surface area contributed by atoms with E-state index in [-0.39, 0.29) is 38.7 Å². The number of esters is 1. The number of carbonyl (C=O) groups is 1. The summed E-state index contributed by atoms with van der Waals surface area (Å²) >= 11 is 0. The number of carbonyl (C=O) groups excluding carboxylic acids is 1. The van der Waals surface area contributed by atoms with Gasteiger partial charge in [0.1, 0.15) is 5.75 Å². The van der Waals surface area contributed by atoms with Gasteiger partial charge in [-0.15, -0.1) is 14.8 Å². The molecule has 3 aromatic carbocycles. The second-order valence-corrected chi connectivity index (χ2v) is 5.51. The van der Waals surface area contributed by atoms with Gasteiger partial charge in [-0.1, -0.05) is 24.3 Å². The van der Waals surface area contributed by atoms with Crippen LogP contribution >= 0.6 is 9.24 Å². The van der Waals surface area contributed by atoms with Crippen molar-refractivity contribution in [3.05, 3.63) is 90.0 Å². The smallest absolute Gasteiger partial charge is 0.423 e. The first-order chi connectivity index (χ1) is 11.3. The Labute approximate surface area is 169 Å². The van der Waals surface area contributed by atoms with E-state index in [0.717, 1.165) is 22.9 Å². The molecule has 2 nitrogen and oxygen atoms in total. The molecule has 0 bridgehead atoms. The Morgan fingerprint density at radius 3 is 2.04 bits per heavy atom. The van der Waals surface area contributed by atoms with Crippen molar-refractivity contribution < 1.29 is 42.2 Å². The zero-order chi connectivity index (χ0) is 16.1. The molecule has 24 heavy (non-hydrogen) atoms. The predicted octanol–water partition coefficient (Wildman–Crippen LogP) is 4.75. The van der Waals surface area contributed by atoms with Gasteiger partial charge in [0.15, 0.2) is 0 Å². The largest absolute Gasteiger partial charge is 3.00 e. The first-order valence-corrected chi connectivity index (χ1v) is 8.15. The minimum atomic E-state index is -0.345. The third kappa shape index (κ3) is 4.83. The quantitative estimate of drug-likeness (QED) is 0.270. The zero-order valence-electron chi connectivity index (χ0n) is 13.1. The maximum atomic E-state index is 12.1. The second kappa shape index (κ2) is 9.23. The van der Waals surface area contributed by atoms with Crippen LogP contribution in [0.4, 0.5) is 0 Å². The van der Waals surface area contributed by atoms with Crippen LogP contribution in [-0.2, 0) is 38.9 Å². The van der Waals surface area contributed by atoms with E-state index in [2.05, 4.69) is 15.3 Å². The normalized spacial score (nSPS) is 9.88. The summed E-state index contributed by atoms with van der Waals surface area (Å²) < 4.78 is 5.41. The van der Waals surface area contributed by atoms with Gasteiger partial charge in [-0.2, -0.15) is 30.3 Å². The van der Waals surface area contributed by atoms with E-state index in [1.54, 1.807) is 24.3 Å². The van der Waals surface area contributed by atoms with E-state index in [1.165, 1.54) is 0 Å². The van der Waals surface area contributed by atoms with Gasteiger partial charge in [0.05, 0.1) is 5.56 Å². The van der Waals surface area contributed by atoms with Crippen LogP contribution in [0.2, 0.25) is 0 Å². The van der Waals surface area contributed by atoms with E-state index in [0.29, 0.717) is 11.3 Å². The molecule has 3 aromatic rings. The van der Waals surface area contributed by atoms with Gasteiger partial charge < -0.3 is 4.74 Å². The molecule has 3 rings (SSSR count). The number of benzene rings is 3. The summed E-state index contributed by atoms with van der Waals surface area (Å²) in [6.07, 6.45) is 0.869. The topological polar surface area (TPSA) is 26.3 Å². The Hall–Kier alpha value is -1.34. The Morgan fingerprint density at radius 2 is 1.46 bits per heavy atom. The van der Waals surface area contributed by atoms with Crippen LogP contribution in [0.5, 0.6) is 5.75 Å². The maximum Gasteiger partial charge on any atom is 3.00 e. The molecule has 0 fully saturated rings. The van der Waals surface area contributed by atoms with Gasteiger partial charge >= 0.3 is 38.7 Å². The predicted molar refractivity (Wildman–Crippen MR) is 95.5 cm³/mol. The standard InChI is InChI=1S/C20H16O2P.Y/c21-20(18-8-6-15(14-23)7-9-18)22-19-12-10-17(11-13-19)16-4-2-1-3-5-16;/h2-13H,14,23H2;/q-1;+3. The molecule has 0 amide bonds. The molecule has 0 saturated carbocycles. The summed E-state index contributed by atoms with van der Waals surface area (Å²) in [6, 6.07) is 25.7. The Balaban J connectivity index is 0.00000208. The molecule has 0 radical (unpaired) electrons. The fourth-order valence-electron chi connectivity index (χ4n) is 2.24. The van der Waals surface area contributed by atoms with Crippen LogP contribution in [0, 0.1) is 6.07 Å². The first kappa shape index (κ1) is 19.0. The number of hydrogen-bond acceptors (Lipinski definition) is 2. The van der Waals surface area contributed by atoms with Crippen LogP contribution in [0.25, 0.3) is 11.1 Å². The van der Waals surface area contributed by atoms with Crippen LogP contribution in [-0.4, -0.2) is 5.97 Å². The third-order valence-corrected chi connectivity index (χ3v) is 4.01. The molecular formula is C20H16O2PY+2. The van der Waals surface area contributed by atoms with Crippen molar-refractivity contribution in [3.63, 3.8) is 0 Å². The third-order valence-electron chi connectivity index (χ3n) is 3.54. The molecule has 0 aliphatic rings. The van der Waals surface area contributed by atoms with Gasteiger partial charge in [-0.3, -0.25) is 0 Å². The van der Waals surface area contributed by atoms with Crippen LogP contribution in [0.3, 0.4) is 0 Å². The van der Waals surface area contributed by atoms with Gasteiger partial charge in [0.2, 0.25) is 0 Å². The molecule has 0 spiro atoms.